The normalized spacial score (nSPS) is 12.7. The van der Waals surface area contributed by atoms with Crippen LogP contribution in [0.5, 0.6) is 5.75 Å². The van der Waals surface area contributed by atoms with Crippen LogP contribution in [-0.4, -0.2) is 34.7 Å². The van der Waals surface area contributed by atoms with Gasteiger partial charge in [-0.1, -0.05) is 12.1 Å². The largest absolute Gasteiger partial charge is 0.508 e. The number of carboxylic acid groups (broad SMARTS) is 1. The maximum atomic E-state index is 10.5. The second kappa shape index (κ2) is 4.79. The van der Waals surface area contributed by atoms with E-state index in [1.54, 1.807) is 36.2 Å². The summed E-state index contributed by atoms with van der Waals surface area (Å²) in [5.74, 6) is -0.630. The molecule has 0 heterocycles. The molecule has 0 spiro atoms. The van der Waals surface area contributed by atoms with E-state index in [0.717, 1.165) is 5.56 Å². The van der Waals surface area contributed by atoms with Crippen molar-refractivity contribution in [1.29, 1.82) is 0 Å². The summed E-state index contributed by atoms with van der Waals surface area (Å²) in [5, 5.41) is 17.8. The minimum atomic E-state index is -0.844. The third-order valence-corrected chi connectivity index (χ3v) is 2.42. The van der Waals surface area contributed by atoms with Crippen LogP contribution < -0.4 is 0 Å². The Labute approximate surface area is 88.8 Å². The predicted molar refractivity (Wildman–Crippen MR) is 56.8 cm³/mol. The molecule has 0 aliphatic heterocycles. The minimum absolute atomic E-state index is 0.00203. The van der Waals surface area contributed by atoms with Gasteiger partial charge < -0.3 is 10.2 Å². The SMILES string of the molecule is CC(c1ccc(O)cc1)N(C)CC(=O)O. The van der Waals surface area contributed by atoms with Crippen molar-refractivity contribution in [3.8, 4) is 5.75 Å². The number of likely N-dealkylation sites (N-methyl/N-ethyl adjacent to an activating group) is 1. The molecule has 1 rings (SSSR count). The monoisotopic (exact) mass is 209 g/mol. The van der Waals surface area contributed by atoms with Crippen LogP contribution in [0.4, 0.5) is 0 Å². The second-order valence-corrected chi connectivity index (χ2v) is 3.58. The third-order valence-electron chi connectivity index (χ3n) is 2.42. The highest BCUT2D eigenvalue weighted by Crippen LogP contribution is 2.20. The van der Waals surface area contributed by atoms with Gasteiger partial charge in [0.25, 0.3) is 0 Å². The van der Waals surface area contributed by atoms with E-state index in [1.807, 2.05) is 6.92 Å². The molecule has 0 saturated heterocycles. The molecular weight excluding hydrogens is 194 g/mol. The topological polar surface area (TPSA) is 60.8 Å². The van der Waals surface area contributed by atoms with Crippen LogP contribution in [-0.2, 0) is 4.79 Å². The molecule has 0 fully saturated rings. The van der Waals surface area contributed by atoms with E-state index in [9.17, 15) is 4.79 Å². The zero-order valence-electron chi connectivity index (χ0n) is 8.84. The molecule has 15 heavy (non-hydrogen) atoms. The Morgan fingerprint density at radius 3 is 2.40 bits per heavy atom. The molecular formula is C11H15NO3. The zero-order valence-corrected chi connectivity index (χ0v) is 8.84. The lowest BCUT2D eigenvalue weighted by atomic mass is 10.1. The molecule has 0 aliphatic carbocycles. The summed E-state index contributed by atoms with van der Waals surface area (Å²) in [6.45, 7) is 1.93. The summed E-state index contributed by atoms with van der Waals surface area (Å²) >= 11 is 0. The fourth-order valence-corrected chi connectivity index (χ4v) is 1.36. The van der Waals surface area contributed by atoms with Crippen LogP contribution in [0.25, 0.3) is 0 Å². The number of aliphatic carboxylic acids is 1. The molecule has 0 amide bonds. The van der Waals surface area contributed by atoms with Gasteiger partial charge in [0.15, 0.2) is 0 Å². The molecule has 0 aliphatic rings. The fraction of sp³-hybridized carbons (Fsp3) is 0.364. The lowest BCUT2D eigenvalue weighted by Gasteiger charge is -2.23. The molecule has 4 heteroatoms. The van der Waals surface area contributed by atoms with Crippen molar-refractivity contribution in [2.24, 2.45) is 0 Å². The number of carbonyl (C=O) groups is 1. The number of rotatable bonds is 4. The first kappa shape index (κ1) is 11.5. The number of hydrogen-bond donors (Lipinski definition) is 2. The average Bonchev–Trinajstić information content (AvgIpc) is 2.17. The van der Waals surface area contributed by atoms with Gasteiger partial charge in [-0.3, -0.25) is 9.69 Å². The van der Waals surface area contributed by atoms with Gasteiger partial charge in [-0.05, 0) is 31.7 Å². The van der Waals surface area contributed by atoms with E-state index < -0.39 is 5.97 Å². The Bertz CT molecular complexity index is 334. The number of carboxylic acids is 1. The molecule has 2 N–H and O–H groups in total. The molecule has 0 aromatic heterocycles. The first-order valence-corrected chi connectivity index (χ1v) is 4.71. The van der Waals surface area contributed by atoms with Crippen LogP contribution in [0.2, 0.25) is 0 Å². The Kier molecular flexibility index (Phi) is 3.68. The molecule has 82 valence electrons. The van der Waals surface area contributed by atoms with Crippen molar-refractivity contribution in [3.05, 3.63) is 29.8 Å². The van der Waals surface area contributed by atoms with Crippen molar-refractivity contribution in [1.82, 2.24) is 4.90 Å². The molecule has 1 atom stereocenters. The van der Waals surface area contributed by atoms with Gasteiger partial charge in [-0.15, -0.1) is 0 Å². The lowest BCUT2D eigenvalue weighted by Crippen LogP contribution is -2.28. The first-order chi connectivity index (χ1) is 7.00. The summed E-state index contributed by atoms with van der Waals surface area (Å²) in [7, 11) is 1.76. The Morgan fingerprint density at radius 1 is 1.40 bits per heavy atom. The van der Waals surface area contributed by atoms with Crippen molar-refractivity contribution < 1.29 is 15.0 Å². The molecule has 0 radical (unpaired) electrons. The Balaban J connectivity index is 2.71. The Hall–Kier alpha value is -1.55. The van der Waals surface area contributed by atoms with Crippen LogP contribution in [0.1, 0.15) is 18.5 Å². The highest BCUT2D eigenvalue weighted by Gasteiger charge is 2.13. The summed E-state index contributed by atoms with van der Waals surface area (Å²) in [6, 6.07) is 6.79. The van der Waals surface area contributed by atoms with Gasteiger partial charge in [0.1, 0.15) is 5.75 Å². The summed E-state index contributed by atoms with van der Waals surface area (Å²) in [6.07, 6.45) is 0. The fourth-order valence-electron chi connectivity index (χ4n) is 1.36. The van der Waals surface area contributed by atoms with E-state index >= 15 is 0 Å². The zero-order chi connectivity index (χ0) is 11.4. The van der Waals surface area contributed by atoms with Gasteiger partial charge in [0, 0.05) is 6.04 Å². The van der Waals surface area contributed by atoms with Gasteiger partial charge in [-0.25, -0.2) is 0 Å². The van der Waals surface area contributed by atoms with Crippen LogP contribution in [0.15, 0.2) is 24.3 Å². The second-order valence-electron chi connectivity index (χ2n) is 3.58. The third kappa shape index (κ3) is 3.25. The average molecular weight is 209 g/mol. The molecule has 0 bridgehead atoms. The van der Waals surface area contributed by atoms with Gasteiger partial charge in [0.2, 0.25) is 0 Å². The van der Waals surface area contributed by atoms with Crippen molar-refractivity contribution >= 4 is 5.97 Å². The number of nitrogens with zero attached hydrogens (tertiary/aromatic N) is 1. The van der Waals surface area contributed by atoms with Gasteiger partial charge >= 0.3 is 5.97 Å². The van der Waals surface area contributed by atoms with Crippen molar-refractivity contribution in [2.75, 3.05) is 13.6 Å². The lowest BCUT2D eigenvalue weighted by molar-refractivity contribution is -0.138. The predicted octanol–water partition coefficient (Wildman–Crippen LogP) is 1.47. The van der Waals surface area contributed by atoms with E-state index in [0.29, 0.717) is 0 Å². The first-order valence-electron chi connectivity index (χ1n) is 4.71. The summed E-state index contributed by atoms with van der Waals surface area (Å²) < 4.78 is 0. The van der Waals surface area contributed by atoms with E-state index in [1.165, 1.54) is 0 Å². The van der Waals surface area contributed by atoms with Gasteiger partial charge in [-0.2, -0.15) is 0 Å². The van der Waals surface area contributed by atoms with E-state index in [2.05, 4.69) is 0 Å². The highest BCUT2D eigenvalue weighted by atomic mass is 16.4. The van der Waals surface area contributed by atoms with E-state index in [4.69, 9.17) is 10.2 Å². The van der Waals surface area contributed by atoms with Crippen LogP contribution >= 0.6 is 0 Å². The number of phenols is 1. The van der Waals surface area contributed by atoms with Crippen LogP contribution in [0, 0.1) is 0 Å². The minimum Gasteiger partial charge on any atom is -0.508 e. The maximum absolute atomic E-state index is 10.5. The molecule has 1 aromatic carbocycles. The molecule has 4 nitrogen and oxygen atoms in total. The van der Waals surface area contributed by atoms with Crippen LogP contribution in [0.3, 0.4) is 0 Å². The highest BCUT2D eigenvalue weighted by molar-refractivity contribution is 5.69. The van der Waals surface area contributed by atoms with E-state index in [-0.39, 0.29) is 18.3 Å². The quantitative estimate of drug-likeness (QED) is 0.788. The number of benzene rings is 1. The molecule has 1 aromatic rings. The number of phenolic OH excluding ortho intramolecular Hbond substituents is 1. The summed E-state index contributed by atoms with van der Waals surface area (Å²) in [4.78, 5) is 12.2. The number of aromatic hydroxyl groups is 1. The standard InChI is InChI=1S/C11H15NO3/c1-8(12(2)7-11(14)15)9-3-5-10(13)6-4-9/h3-6,8,13H,7H2,1-2H3,(H,14,15). The molecule has 0 saturated carbocycles. The smallest absolute Gasteiger partial charge is 0.317 e. The molecule has 1 unspecified atom stereocenters. The van der Waals surface area contributed by atoms with Crippen molar-refractivity contribution in [3.63, 3.8) is 0 Å². The Morgan fingerprint density at radius 2 is 1.93 bits per heavy atom. The van der Waals surface area contributed by atoms with Crippen molar-refractivity contribution in [2.45, 2.75) is 13.0 Å². The van der Waals surface area contributed by atoms with Gasteiger partial charge in [0.05, 0.1) is 6.54 Å². The maximum Gasteiger partial charge on any atom is 0.317 e. The number of hydrogen-bond acceptors (Lipinski definition) is 3. The summed E-state index contributed by atoms with van der Waals surface area (Å²) in [5.41, 5.74) is 0.983.